The van der Waals surface area contributed by atoms with Crippen LogP contribution in [0.1, 0.15) is 71.8 Å². The summed E-state index contributed by atoms with van der Waals surface area (Å²) in [6.45, 7) is 3.73. The molecule has 2 saturated carbocycles. The van der Waals surface area contributed by atoms with E-state index in [2.05, 4.69) is 43.6 Å². The molecular formula is C36H46N6O5S. The lowest BCUT2D eigenvalue weighted by atomic mass is 9.81. The molecule has 256 valence electrons. The summed E-state index contributed by atoms with van der Waals surface area (Å²) in [7, 11) is 2.65. The van der Waals surface area contributed by atoms with Gasteiger partial charge in [-0.1, -0.05) is 25.3 Å². The molecular weight excluding hydrogens is 629 g/mol. The van der Waals surface area contributed by atoms with Crippen molar-refractivity contribution >= 4 is 32.9 Å². The lowest BCUT2D eigenvalue weighted by Crippen LogP contribution is -2.67. The number of methoxy groups -OCH3 is 1. The van der Waals surface area contributed by atoms with Crippen molar-refractivity contribution in [2.45, 2.75) is 69.0 Å². The van der Waals surface area contributed by atoms with Crippen molar-refractivity contribution in [1.82, 2.24) is 28.7 Å². The summed E-state index contributed by atoms with van der Waals surface area (Å²) in [5, 5.41) is 4.79. The zero-order chi connectivity index (χ0) is 33.5. The van der Waals surface area contributed by atoms with Crippen molar-refractivity contribution in [2.24, 2.45) is 5.41 Å². The molecule has 2 bridgehead atoms. The molecule has 1 aromatic heterocycles. The molecule has 2 aromatic carbocycles. The van der Waals surface area contributed by atoms with Gasteiger partial charge in [0, 0.05) is 86.9 Å². The van der Waals surface area contributed by atoms with E-state index in [1.807, 2.05) is 18.2 Å². The molecule has 0 radical (unpaired) electrons. The number of carbonyl (C=O) groups is 2. The summed E-state index contributed by atoms with van der Waals surface area (Å²) >= 11 is 0. The van der Waals surface area contributed by atoms with Gasteiger partial charge in [-0.2, -0.15) is 12.7 Å². The Kier molecular flexibility index (Phi) is 7.66. The maximum atomic E-state index is 14.9. The van der Waals surface area contributed by atoms with Crippen LogP contribution >= 0.6 is 0 Å². The van der Waals surface area contributed by atoms with Crippen molar-refractivity contribution in [1.29, 1.82) is 0 Å². The van der Waals surface area contributed by atoms with Crippen molar-refractivity contribution in [2.75, 3.05) is 54.4 Å². The Labute approximate surface area is 282 Å². The predicted octanol–water partition coefficient (Wildman–Crippen LogP) is 3.50. The second-order valence-electron chi connectivity index (χ2n) is 15.0. The minimum absolute atomic E-state index is 0.0540. The highest BCUT2D eigenvalue weighted by molar-refractivity contribution is 7.87. The molecule has 2 amide bonds. The Balaban J connectivity index is 1.29. The number of nitrogens with zero attached hydrogens (tertiary/aromatic N) is 4. The zero-order valence-electron chi connectivity index (χ0n) is 28.3. The highest BCUT2D eigenvalue weighted by Crippen LogP contribution is 2.66. The van der Waals surface area contributed by atoms with E-state index in [1.165, 1.54) is 38.9 Å². The fourth-order valence-electron chi connectivity index (χ4n) is 9.26. The third-order valence-electron chi connectivity index (χ3n) is 11.6. The molecule has 12 heteroatoms. The Bertz CT molecular complexity index is 1900. The summed E-state index contributed by atoms with van der Waals surface area (Å²) in [6.07, 6.45) is 6.50. The van der Waals surface area contributed by atoms with Crippen LogP contribution in [0.25, 0.3) is 22.2 Å². The quantitative estimate of drug-likeness (QED) is 0.412. The number of fused-ring (bicyclic) bond motifs is 9. The van der Waals surface area contributed by atoms with E-state index in [-0.39, 0.29) is 29.5 Å². The second kappa shape index (κ2) is 11.6. The first-order valence-electron chi connectivity index (χ1n) is 17.3. The van der Waals surface area contributed by atoms with Crippen molar-refractivity contribution in [3.8, 4) is 17.0 Å². The minimum atomic E-state index is -3.97. The first kappa shape index (κ1) is 31.8. The Hall–Kier alpha value is -3.45. The van der Waals surface area contributed by atoms with Crippen LogP contribution in [0.3, 0.4) is 0 Å². The van der Waals surface area contributed by atoms with Gasteiger partial charge in [-0.25, -0.2) is 4.72 Å². The number of aromatic nitrogens is 1. The van der Waals surface area contributed by atoms with Gasteiger partial charge in [0.15, 0.2) is 0 Å². The molecule has 4 atom stereocenters. The molecule has 4 heterocycles. The Morgan fingerprint density at radius 2 is 1.73 bits per heavy atom. The summed E-state index contributed by atoms with van der Waals surface area (Å²) in [5.41, 5.74) is 5.23. The van der Waals surface area contributed by atoms with Gasteiger partial charge in [-0.3, -0.25) is 9.59 Å². The molecule has 11 nitrogen and oxygen atoms in total. The van der Waals surface area contributed by atoms with Crippen LogP contribution in [-0.4, -0.2) is 105 Å². The first-order chi connectivity index (χ1) is 23.0. The maximum absolute atomic E-state index is 14.9. The van der Waals surface area contributed by atoms with Gasteiger partial charge >= 0.3 is 10.2 Å². The number of piperazine rings is 2. The molecule has 8 rings (SSSR count). The Morgan fingerprint density at radius 1 is 1.00 bits per heavy atom. The molecule has 4 fully saturated rings. The fraction of sp³-hybridized carbons (Fsp3) is 0.556. The van der Waals surface area contributed by atoms with Gasteiger partial charge in [0.05, 0.1) is 18.2 Å². The van der Waals surface area contributed by atoms with E-state index < -0.39 is 21.5 Å². The van der Waals surface area contributed by atoms with Crippen LogP contribution in [0.4, 0.5) is 0 Å². The van der Waals surface area contributed by atoms with E-state index in [1.54, 1.807) is 13.2 Å². The summed E-state index contributed by atoms with van der Waals surface area (Å²) in [5.74, 6) is 0.727. The molecule has 2 saturated heterocycles. The third kappa shape index (κ3) is 5.14. The number of hydrogen-bond acceptors (Lipinski definition) is 7. The summed E-state index contributed by atoms with van der Waals surface area (Å²) in [6, 6.07) is 12.4. The monoisotopic (exact) mass is 674 g/mol. The van der Waals surface area contributed by atoms with Crippen molar-refractivity contribution in [3.63, 3.8) is 0 Å². The number of benzene rings is 2. The lowest BCUT2D eigenvalue weighted by Gasteiger charge is -2.46. The first-order valence-corrected chi connectivity index (χ1v) is 18.8. The molecule has 2 aliphatic carbocycles. The van der Waals surface area contributed by atoms with Gasteiger partial charge in [-0.15, -0.1) is 0 Å². The van der Waals surface area contributed by atoms with Crippen molar-refractivity contribution < 1.29 is 22.7 Å². The van der Waals surface area contributed by atoms with Gasteiger partial charge in [0.25, 0.3) is 5.91 Å². The van der Waals surface area contributed by atoms with E-state index in [0.717, 1.165) is 70.1 Å². The average Bonchev–Trinajstić information content (AvgIpc) is 3.73. The zero-order valence-corrected chi connectivity index (χ0v) is 29.1. The van der Waals surface area contributed by atoms with Gasteiger partial charge < -0.3 is 24.4 Å². The molecule has 0 spiro atoms. The third-order valence-corrected chi connectivity index (χ3v) is 13.0. The average molecular weight is 675 g/mol. The van der Waals surface area contributed by atoms with Crippen LogP contribution in [-0.2, 0) is 21.5 Å². The second-order valence-corrected chi connectivity index (χ2v) is 16.9. The number of hydrogen-bond donors (Lipinski definition) is 2. The van der Waals surface area contributed by atoms with E-state index >= 15 is 0 Å². The molecule has 3 aliphatic heterocycles. The maximum Gasteiger partial charge on any atom is 0.303 e. The van der Waals surface area contributed by atoms with Crippen LogP contribution in [0, 0.1) is 5.41 Å². The van der Waals surface area contributed by atoms with E-state index in [0.29, 0.717) is 25.6 Å². The SMILES string of the molecule is COc1ccc2c(c1)C1CC1(C(=O)N1CC3CN(C)CC(C1)N3)Cn1c-2c(C2CCCCC2)c2ccc(C(=O)NS(=O)(=O)N(C)C)cc21. The normalized spacial score (nSPS) is 27.2. The van der Waals surface area contributed by atoms with Crippen LogP contribution in [0.2, 0.25) is 0 Å². The highest BCUT2D eigenvalue weighted by Gasteiger charge is 2.64. The van der Waals surface area contributed by atoms with Crippen LogP contribution in [0.5, 0.6) is 5.75 Å². The van der Waals surface area contributed by atoms with Crippen molar-refractivity contribution in [3.05, 3.63) is 53.1 Å². The number of rotatable bonds is 6. The topological polar surface area (TPSA) is 116 Å². The largest absolute Gasteiger partial charge is 0.497 e. The minimum Gasteiger partial charge on any atom is -0.497 e. The van der Waals surface area contributed by atoms with E-state index in [9.17, 15) is 18.0 Å². The van der Waals surface area contributed by atoms with Crippen LogP contribution < -0.4 is 14.8 Å². The van der Waals surface area contributed by atoms with Crippen LogP contribution in [0.15, 0.2) is 36.4 Å². The molecule has 4 unspecified atom stereocenters. The molecule has 2 N–H and O–H groups in total. The number of nitrogens with one attached hydrogen (secondary N) is 2. The molecule has 48 heavy (non-hydrogen) atoms. The van der Waals surface area contributed by atoms with Gasteiger partial charge in [0.1, 0.15) is 5.75 Å². The standard InChI is InChI=1S/C36H46N6O5S/c1-39(2)48(45,46)38-34(43)23-10-12-28-31(14-23)42-21-36(35(44)41-19-24-17-40(3)18-25(20-41)37-24)16-30(36)29-15-26(47-4)11-13-27(29)33(42)32(28)22-8-6-5-7-9-22/h10-15,22,24-25,30,37H,5-9,16-21H2,1-4H3,(H,38,43). The number of amides is 2. The fourth-order valence-corrected chi connectivity index (χ4v) is 9.80. The predicted molar refractivity (Wildman–Crippen MR) is 184 cm³/mol. The Morgan fingerprint density at radius 3 is 2.42 bits per heavy atom. The lowest BCUT2D eigenvalue weighted by molar-refractivity contribution is -0.140. The summed E-state index contributed by atoms with van der Waals surface area (Å²) < 4.78 is 36.4. The smallest absolute Gasteiger partial charge is 0.303 e. The van der Waals surface area contributed by atoms with E-state index in [4.69, 9.17) is 4.74 Å². The molecule has 3 aromatic rings. The van der Waals surface area contributed by atoms with Gasteiger partial charge in [-0.05, 0) is 73.7 Å². The van der Waals surface area contributed by atoms with Gasteiger partial charge in [0.2, 0.25) is 5.91 Å². The number of carbonyl (C=O) groups excluding carboxylic acids is 2. The highest BCUT2D eigenvalue weighted by atomic mass is 32.2. The molecule has 5 aliphatic rings. The summed E-state index contributed by atoms with van der Waals surface area (Å²) in [4.78, 5) is 32.7. The number of ether oxygens (including phenoxy) is 1. The number of likely N-dealkylation sites (N-methyl/N-ethyl adjacent to an activating group) is 1.